The largest absolute Gasteiger partial charge is 0.507 e. The minimum absolute atomic E-state index is 0.0452. The topological polar surface area (TPSA) is 126 Å². The Balaban J connectivity index is 2.05. The summed E-state index contributed by atoms with van der Waals surface area (Å²) in [6, 6.07) is 9.94. The summed E-state index contributed by atoms with van der Waals surface area (Å²) in [5, 5.41) is 30.0. The molecule has 1 heterocycles. The first-order chi connectivity index (χ1) is 16.4. The Morgan fingerprint density at radius 1 is 1.15 bits per heavy atom. The molecule has 2 aromatic rings. The summed E-state index contributed by atoms with van der Waals surface area (Å²) in [6.45, 7) is 3.94. The van der Waals surface area contributed by atoms with Crippen LogP contribution in [0.4, 0.5) is 0 Å². The van der Waals surface area contributed by atoms with Crippen molar-refractivity contribution in [2.45, 2.75) is 6.04 Å². The number of nitrogens with zero attached hydrogens (tertiary/aromatic N) is 1. The van der Waals surface area contributed by atoms with Gasteiger partial charge in [0.25, 0.3) is 11.7 Å². The number of methoxy groups -OCH3 is 1. The number of phenols is 1. The fourth-order valence-electron chi connectivity index (χ4n) is 3.67. The number of amides is 1. The maximum atomic E-state index is 13.0. The van der Waals surface area contributed by atoms with Crippen LogP contribution in [0.5, 0.6) is 17.2 Å². The van der Waals surface area contributed by atoms with Crippen LogP contribution in [0.3, 0.4) is 0 Å². The number of likely N-dealkylation sites (tertiary alicyclic amines) is 1. The van der Waals surface area contributed by atoms with Gasteiger partial charge in [0, 0.05) is 12.1 Å². The van der Waals surface area contributed by atoms with Crippen LogP contribution in [0.2, 0.25) is 0 Å². The van der Waals surface area contributed by atoms with Gasteiger partial charge in [0.05, 0.1) is 38.5 Å². The molecule has 9 nitrogen and oxygen atoms in total. The van der Waals surface area contributed by atoms with Gasteiger partial charge in [-0.05, 0) is 42.0 Å². The van der Waals surface area contributed by atoms with E-state index in [9.17, 15) is 19.8 Å². The fourth-order valence-corrected chi connectivity index (χ4v) is 3.67. The molecule has 180 valence electrons. The van der Waals surface area contributed by atoms with Crippen LogP contribution in [0.1, 0.15) is 17.2 Å². The van der Waals surface area contributed by atoms with Gasteiger partial charge in [-0.1, -0.05) is 18.7 Å². The second-order valence-corrected chi connectivity index (χ2v) is 7.38. The number of carbonyl (C=O) groups excluding carboxylic acids is 2. The second-order valence-electron chi connectivity index (χ2n) is 7.38. The first-order valence-electron chi connectivity index (χ1n) is 10.6. The average molecular weight is 469 g/mol. The van der Waals surface area contributed by atoms with E-state index in [2.05, 4.69) is 6.58 Å². The number of hydrogen-bond acceptors (Lipinski definition) is 8. The number of carbonyl (C=O) groups is 2. The molecule has 1 amide bonds. The molecule has 9 heteroatoms. The molecule has 1 aliphatic rings. The Hall–Kier alpha value is -3.82. The summed E-state index contributed by atoms with van der Waals surface area (Å²) < 4.78 is 15.9. The Morgan fingerprint density at radius 3 is 2.53 bits per heavy atom. The predicted octanol–water partition coefficient (Wildman–Crippen LogP) is 2.40. The van der Waals surface area contributed by atoms with Gasteiger partial charge >= 0.3 is 0 Å². The number of rotatable bonds is 11. The third kappa shape index (κ3) is 5.22. The molecule has 2 aromatic carbocycles. The van der Waals surface area contributed by atoms with Gasteiger partial charge < -0.3 is 34.4 Å². The highest BCUT2D eigenvalue weighted by Gasteiger charge is 2.46. The number of hydrogen-bond donors (Lipinski definition) is 3. The van der Waals surface area contributed by atoms with E-state index in [1.165, 1.54) is 24.1 Å². The summed E-state index contributed by atoms with van der Waals surface area (Å²) in [4.78, 5) is 27.2. The summed E-state index contributed by atoms with van der Waals surface area (Å²) >= 11 is 0. The van der Waals surface area contributed by atoms with Crippen LogP contribution < -0.4 is 9.47 Å². The van der Waals surface area contributed by atoms with Crippen LogP contribution in [0.15, 0.2) is 60.7 Å². The quantitative estimate of drug-likeness (QED) is 0.151. The minimum Gasteiger partial charge on any atom is -0.507 e. The van der Waals surface area contributed by atoms with E-state index in [1.54, 1.807) is 36.4 Å². The number of ether oxygens (including phenoxy) is 3. The maximum absolute atomic E-state index is 13.0. The zero-order valence-electron chi connectivity index (χ0n) is 18.8. The number of Topliss-reactive ketones (excluding diaryl/α,β-unsaturated/α-hetero) is 1. The fraction of sp³-hybridized carbons (Fsp3) is 0.280. The van der Waals surface area contributed by atoms with E-state index in [4.69, 9.17) is 19.3 Å². The predicted molar refractivity (Wildman–Crippen MR) is 124 cm³/mol. The van der Waals surface area contributed by atoms with Crippen molar-refractivity contribution in [3.05, 3.63) is 71.8 Å². The van der Waals surface area contributed by atoms with Crippen molar-refractivity contribution in [3.8, 4) is 17.2 Å². The van der Waals surface area contributed by atoms with Gasteiger partial charge in [0.1, 0.15) is 18.1 Å². The second kappa shape index (κ2) is 11.4. The van der Waals surface area contributed by atoms with Crippen molar-refractivity contribution in [3.63, 3.8) is 0 Å². The molecule has 0 radical (unpaired) electrons. The molecule has 3 rings (SSSR count). The number of aliphatic hydroxyl groups is 2. The first-order valence-corrected chi connectivity index (χ1v) is 10.6. The summed E-state index contributed by atoms with van der Waals surface area (Å²) in [5.41, 5.74) is 0.694. The number of phenolic OH excluding ortho intramolecular Hbond substituents is 1. The monoisotopic (exact) mass is 469 g/mol. The molecule has 0 aromatic heterocycles. The lowest BCUT2D eigenvalue weighted by Gasteiger charge is -2.25. The number of benzene rings is 2. The van der Waals surface area contributed by atoms with E-state index in [1.807, 2.05) is 0 Å². The van der Waals surface area contributed by atoms with Crippen LogP contribution in [-0.2, 0) is 14.3 Å². The third-order valence-electron chi connectivity index (χ3n) is 5.27. The van der Waals surface area contributed by atoms with Gasteiger partial charge in [0.2, 0.25) is 0 Å². The summed E-state index contributed by atoms with van der Waals surface area (Å²) in [6.07, 6.45) is 1.60. The summed E-state index contributed by atoms with van der Waals surface area (Å²) in [5.74, 6) is -1.38. The van der Waals surface area contributed by atoms with Crippen molar-refractivity contribution in [1.82, 2.24) is 4.90 Å². The molecule has 0 unspecified atom stereocenters. The highest BCUT2D eigenvalue weighted by Crippen LogP contribution is 2.41. The van der Waals surface area contributed by atoms with Crippen molar-refractivity contribution >= 4 is 17.4 Å². The number of aliphatic hydroxyl groups excluding tert-OH is 2. The third-order valence-corrected chi connectivity index (χ3v) is 5.27. The maximum Gasteiger partial charge on any atom is 0.295 e. The lowest BCUT2D eigenvalue weighted by atomic mass is 9.95. The van der Waals surface area contributed by atoms with Crippen LogP contribution in [0, 0.1) is 0 Å². The lowest BCUT2D eigenvalue weighted by molar-refractivity contribution is -0.140. The Bertz CT molecular complexity index is 1080. The minimum atomic E-state index is -0.941. The van der Waals surface area contributed by atoms with Gasteiger partial charge in [-0.2, -0.15) is 0 Å². The van der Waals surface area contributed by atoms with Crippen molar-refractivity contribution in [2.75, 3.05) is 40.1 Å². The zero-order valence-corrected chi connectivity index (χ0v) is 18.8. The Labute approximate surface area is 197 Å². The summed E-state index contributed by atoms with van der Waals surface area (Å²) in [7, 11) is 1.38. The highest BCUT2D eigenvalue weighted by molar-refractivity contribution is 6.46. The molecule has 0 spiro atoms. The molecule has 1 aliphatic heterocycles. The molecule has 0 saturated carbocycles. The normalized spacial score (nSPS) is 17.1. The van der Waals surface area contributed by atoms with Crippen LogP contribution >= 0.6 is 0 Å². The molecular formula is C25H27NO8. The van der Waals surface area contributed by atoms with Crippen LogP contribution in [-0.4, -0.2) is 72.0 Å². The van der Waals surface area contributed by atoms with Crippen molar-refractivity contribution < 1.29 is 39.1 Å². The van der Waals surface area contributed by atoms with Gasteiger partial charge in [-0.15, -0.1) is 0 Å². The Morgan fingerprint density at radius 2 is 1.88 bits per heavy atom. The molecular weight excluding hydrogens is 442 g/mol. The van der Waals surface area contributed by atoms with Crippen molar-refractivity contribution in [2.24, 2.45) is 0 Å². The smallest absolute Gasteiger partial charge is 0.295 e. The molecule has 3 N–H and O–H groups in total. The number of aromatic hydroxyl groups is 1. The molecule has 0 aliphatic carbocycles. The molecule has 34 heavy (non-hydrogen) atoms. The van der Waals surface area contributed by atoms with Gasteiger partial charge in [-0.25, -0.2) is 0 Å². The van der Waals surface area contributed by atoms with E-state index < -0.39 is 17.7 Å². The molecule has 1 saturated heterocycles. The Kier molecular flexibility index (Phi) is 8.29. The van der Waals surface area contributed by atoms with E-state index in [0.29, 0.717) is 23.5 Å². The van der Waals surface area contributed by atoms with Crippen LogP contribution in [0.25, 0.3) is 5.76 Å². The SMILES string of the molecule is C=CCOc1ccc(C(O)=C2C(=O)C(=O)N(CCOCCO)[C@@H]2c2ccc(O)c(OC)c2)cc1. The number of ketones is 1. The lowest BCUT2D eigenvalue weighted by Crippen LogP contribution is -2.33. The van der Waals surface area contributed by atoms with Gasteiger partial charge in [0.15, 0.2) is 11.5 Å². The van der Waals surface area contributed by atoms with E-state index in [0.717, 1.165) is 0 Å². The highest BCUT2D eigenvalue weighted by atomic mass is 16.5. The van der Waals surface area contributed by atoms with Crippen molar-refractivity contribution in [1.29, 1.82) is 0 Å². The zero-order chi connectivity index (χ0) is 24.7. The van der Waals surface area contributed by atoms with E-state index in [-0.39, 0.29) is 49.2 Å². The first kappa shape index (κ1) is 24.8. The molecule has 1 fully saturated rings. The molecule has 0 bridgehead atoms. The van der Waals surface area contributed by atoms with E-state index >= 15 is 0 Å². The molecule has 1 atom stereocenters. The average Bonchev–Trinajstić information content (AvgIpc) is 3.10. The van der Waals surface area contributed by atoms with Gasteiger partial charge in [-0.3, -0.25) is 9.59 Å². The standard InChI is InChI=1S/C25H27NO8/c1-3-12-34-18-7-4-16(5-8-18)23(29)21-22(17-6-9-19(28)20(15-17)32-2)26(25(31)24(21)30)10-13-33-14-11-27/h3-9,15,22,27-29H,1,10-14H2,2H3/t22-/m1/s1.